The number of carbonyl (C=O) groups is 1. The molecule has 1 fully saturated rings. The van der Waals surface area contributed by atoms with Gasteiger partial charge in [0.15, 0.2) is 0 Å². The summed E-state index contributed by atoms with van der Waals surface area (Å²) in [5.74, 6) is 0. The summed E-state index contributed by atoms with van der Waals surface area (Å²) in [6.45, 7) is -0.0469. The quantitative estimate of drug-likeness (QED) is 0.539. The van der Waals surface area contributed by atoms with Gasteiger partial charge in [-0.2, -0.15) is 13.2 Å². The van der Waals surface area contributed by atoms with Crippen LogP contribution in [0.3, 0.4) is 0 Å². The molecule has 0 aromatic heterocycles. The Morgan fingerprint density at radius 1 is 1.38 bits per heavy atom. The smallest absolute Gasteiger partial charge is 0.371 e. The van der Waals surface area contributed by atoms with Crippen molar-refractivity contribution in [3.63, 3.8) is 0 Å². The van der Waals surface area contributed by atoms with Crippen molar-refractivity contribution in [2.75, 3.05) is 26.3 Å². The fraction of sp³-hybridized carbons (Fsp3) is 0.900. The van der Waals surface area contributed by atoms with Crippen molar-refractivity contribution in [2.45, 2.75) is 31.5 Å². The largest absolute Gasteiger partial charge is 0.411 e. The van der Waals surface area contributed by atoms with E-state index in [0.29, 0.717) is 6.54 Å². The molecule has 0 N–H and O–H groups in total. The second-order valence-corrected chi connectivity index (χ2v) is 3.90. The van der Waals surface area contributed by atoms with Gasteiger partial charge in [-0.05, 0) is 19.4 Å². The van der Waals surface area contributed by atoms with Crippen molar-refractivity contribution in [1.82, 2.24) is 4.90 Å². The first-order valence-corrected chi connectivity index (χ1v) is 5.37. The lowest BCUT2D eigenvalue weighted by Crippen LogP contribution is -2.42. The lowest BCUT2D eigenvalue weighted by Gasteiger charge is -2.31. The van der Waals surface area contributed by atoms with Gasteiger partial charge in [0.1, 0.15) is 12.9 Å². The first-order valence-electron chi connectivity index (χ1n) is 5.37. The van der Waals surface area contributed by atoms with Crippen LogP contribution in [0.1, 0.15) is 19.3 Å². The molecule has 1 aliphatic rings. The maximum atomic E-state index is 11.8. The van der Waals surface area contributed by atoms with Crippen molar-refractivity contribution >= 4 is 6.29 Å². The van der Waals surface area contributed by atoms with Gasteiger partial charge >= 0.3 is 6.18 Å². The molecule has 94 valence electrons. The molecular formula is C10H16F3NO2. The Labute approximate surface area is 92.5 Å². The van der Waals surface area contributed by atoms with E-state index >= 15 is 0 Å². The second kappa shape index (κ2) is 6.20. The van der Waals surface area contributed by atoms with Gasteiger partial charge < -0.3 is 9.53 Å². The number of likely N-dealkylation sites (tertiary alicyclic amines) is 1. The van der Waals surface area contributed by atoms with E-state index in [2.05, 4.69) is 4.74 Å². The third-order valence-corrected chi connectivity index (χ3v) is 2.61. The number of ether oxygens (including phenoxy) is 1. The number of hydrogen-bond donors (Lipinski definition) is 0. The van der Waals surface area contributed by atoms with Crippen molar-refractivity contribution in [2.24, 2.45) is 0 Å². The van der Waals surface area contributed by atoms with Crippen molar-refractivity contribution in [3.8, 4) is 0 Å². The van der Waals surface area contributed by atoms with Crippen molar-refractivity contribution in [3.05, 3.63) is 0 Å². The number of nitrogens with zero attached hydrogens (tertiary/aromatic N) is 1. The molecule has 1 rings (SSSR count). The summed E-state index contributed by atoms with van der Waals surface area (Å²) in [5, 5.41) is 0. The minimum Gasteiger partial charge on any atom is -0.371 e. The SMILES string of the molecule is O=CC1CCCCN1CCOCC(F)(F)F. The molecule has 0 saturated carbocycles. The fourth-order valence-corrected chi connectivity index (χ4v) is 1.82. The van der Waals surface area contributed by atoms with E-state index in [1.807, 2.05) is 4.90 Å². The van der Waals surface area contributed by atoms with E-state index in [1.54, 1.807) is 0 Å². The van der Waals surface area contributed by atoms with Gasteiger partial charge in [-0.3, -0.25) is 4.90 Å². The Morgan fingerprint density at radius 3 is 2.75 bits per heavy atom. The molecular weight excluding hydrogens is 223 g/mol. The van der Waals surface area contributed by atoms with Crippen LogP contribution in [0.2, 0.25) is 0 Å². The molecule has 1 atom stereocenters. The molecule has 0 spiro atoms. The highest BCUT2D eigenvalue weighted by atomic mass is 19.4. The predicted octanol–water partition coefficient (Wildman–Crippen LogP) is 1.62. The normalized spacial score (nSPS) is 23.3. The molecule has 1 saturated heterocycles. The highest BCUT2D eigenvalue weighted by Crippen LogP contribution is 2.16. The van der Waals surface area contributed by atoms with Gasteiger partial charge in [0.05, 0.1) is 12.6 Å². The first-order chi connectivity index (χ1) is 7.53. The summed E-state index contributed by atoms with van der Waals surface area (Å²) in [7, 11) is 0. The summed E-state index contributed by atoms with van der Waals surface area (Å²) in [4.78, 5) is 12.6. The molecule has 6 heteroatoms. The van der Waals surface area contributed by atoms with Crippen LogP contribution in [0, 0.1) is 0 Å². The van der Waals surface area contributed by atoms with Gasteiger partial charge in [-0.15, -0.1) is 0 Å². The average Bonchev–Trinajstić information content (AvgIpc) is 2.23. The van der Waals surface area contributed by atoms with Gasteiger partial charge in [0.25, 0.3) is 0 Å². The molecule has 16 heavy (non-hydrogen) atoms. The lowest BCUT2D eigenvalue weighted by molar-refractivity contribution is -0.175. The maximum absolute atomic E-state index is 11.8. The van der Waals surface area contributed by atoms with E-state index in [0.717, 1.165) is 32.1 Å². The molecule has 3 nitrogen and oxygen atoms in total. The monoisotopic (exact) mass is 239 g/mol. The van der Waals surface area contributed by atoms with Crippen LogP contribution in [0.25, 0.3) is 0 Å². The second-order valence-electron chi connectivity index (χ2n) is 3.90. The van der Waals surface area contributed by atoms with Crippen LogP contribution in [-0.4, -0.2) is 49.7 Å². The summed E-state index contributed by atoms with van der Waals surface area (Å²) in [5.41, 5.74) is 0. The van der Waals surface area contributed by atoms with E-state index in [-0.39, 0.29) is 12.6 Å². The van der Waals surface area contributed by atoms with Gasteiger partial charge in [0, 0.05) is 6.54 Å². The Bertz CT molecular complexity index is 221. The van der Waals surface area contributed by atoms with Crippen LogP contribution in [0.5, 0.6) is 0 Å². The number of alkyl halides is 3. The van der Waals surface area contributed by atoms with Crippen LogP contribution in [0.15, 0.2) is 0 Å². The van der Waals surface area contributed by atoms with Crippen LogP contribution < -0.4 is 0 Å². The summed E-state index contributed by atoms with van der Waals surface area (Å²) >= 11 is 0. The molecule has 0 aromatic rings. The number of rotatable bonds is 5. The topological polar surface area (TPSA) is 29.5 Å². The van der Waals surface area contributed by atoms with E-state index in [9.17, 15) is 18.0 Å². The highest BCUT2D eigenvalue weighted by Gasteiger charge is 2.28. The van der Waals surface area contributed by atoms with Crippen molar-refractivity contribution < 1.29 is 22.7 Å². The zero-order chi connectivity index (χ0) is 12.0. The van der Waals surface area contributed by atoms with Crippen molar-refractivity contribution in [1.29, 1.82) is 0 Å². The molecule has 1 heterocycles. The Hall–Kier alpha value is -0.620. The van der Waals surface area contributed by atoms with Gasteiger partial charge in [-0.1, -0.05) is 6.42 Å². The zero-order valence-corrected chi connectivity index (χ0v) is 9.00. The molecule has 0 aromatic carbocycles. The number of piperidine rings is 1. The summed E-state index contributed by atoms with van der Waals surface area (Å²) in [6, 6.07) is -0.150. The summed E-state index contributed by atoms with van der Waals surface area (Å²) < 4.78 is 39.8. The standard InChI is InChI=1S/C10H16F3NO2/c11-10(12,13)8-16-6-5-14-4-2-1-3-9(14)7-15/h7,9H,1-6,8H2. The molecule has 0 radical (unpaired) electrons. The van der Waals surface area contributed by atoms with Gasteiger partial charge in [-0.25, -0.2) is 0 Å². The van der Waals surface area contributed by atoms with E-state index in [1.165, 1.54) is 0 Å². The molecule has 0 bridgehead atoms. The Morgan fingerprint density at radius 2 is 2.12 bits per heavy atom. The maximum Gasteiger partial charge on any atom is 0.411 e. The van der Waals surface area contributed by atoms with Crippen LogP contribution >= 0.6 is 0 Å². The molecule has 0 amide bonds. The minimum atomic E-state index is -4.27. The Kier molecular flexibility index (Phi) is 5.21. The number of aldehydes is 1. The Balaban J connectivity index is 2.18. The van der Waals surface area contributed by atoms with Crippen LogP contribution in [-0.2, 0) is 9.53 Å². The van der Waals surface area contributed by atoms with E-state index in [4.69, 9.17) is 0 Å². The molecule has 1 unspecified atom stereocenters. The van der Waals surface area contributed by atoms with Crippen LogP contribution in [0.4, 0.5) is 13.2 Å². The third kappa shape index (κ3) is 4.94. The zero-order valence-electron chi connectivity index (χ0n) is 9.00. The predicted molar refractivity (Wildman–Crippen MR) is 52.2 cm³/mol. The number of hydrogen-bond acceptors (Lipinski definition) is 3. The fourth-order valence-electron chi connectivity index (χ4n) is 1.82. The third-order valence-electron chi connectivity index (χ3n) is 2.61. The van der Waals surface area contributed by atoms with Gasteiger partial charge in [0.2, 0.25) is 0 Å². The average molecular weight is 239 g/mol. The van der Waals surface area contributed by atoms with E-state index < -0.39 is 12.8 Å². The lowest BCUT2D eigenvalue weighted by atomic mass is 10.0. The number of halogens is 3. The minimum absolute atomic E-state index is 0.0177. The molecule has 1 aliphatic heterocycles. The molecule has 0 aliphatic carbocycles. The highest BCUT2D eigenvalue weighted by molar-refractivity contribution is 5.57. The first kappa shape index (κ1) is 13.4. The summed E-state index contributed by atoms with van der Waals surface area (Å²) in [6.07, 6.45) is -0.620. The number of carbonyl (C=O) groups excluding carboxylic acids is 1.